The third-order valence-corrected chi connectivity index (χ3v) is 6.31. The number of ether oxygens (including phenoxy) is 1. The Labute approximate surface area is 187 Å². The van der Waals surface area contributed by atoms with Gasteiger partial charge in [-0.15, -0.1) is 0 Å². The van der Waals surface area contributed by atoms with Crippen molar-refractivity contribution in [2.75, 3.05) is 17.7 Å². The maximum absolute atomic E-state index is 11.9. The molecule has 5 N–H and O–H groups in total. The van der Waals surface area contributed by atoms with Crippen molar-refractivity contribution in [3.05, 3.63) is 29.3 Å². The molecule has 1 aliphatic heterocycles. The Balaban J connectivity index is 1.49. The lowest BCUT2D eigenvalue weighted by atomic mass is 10.1. The van der Waals surface area contributed by atoms with Crippen LogP contribution in [0.25, 0.3) is 33.5 Å². The van der Waals surface area contributed by atoms with Gasteiger partial charge in [-0.25, -0.2) is 4.98 Å². The number of hydrogen-bond acceptors (Lipinski definition) is 7. The van der Waals surface area contributed by atoms with Crippen molar-refractivity contribution in [3.8, 4) is 17.1 Å². The highest BCUT2D eigenvalue weighted by molar-refractivity contribution is 6.35. The van der Waals surface area contributed by atoms with Crippen LogP contribution in [0.5, 0.6) is 5.75 Å². The number of benzene rings is 2. The quantitative estimate of drug-likeness (QED) is 0.421. The molecule has 9 nitrogen and oxygen atoms in total. The molecule has 1 saturated carbocycles. The number of primary amides is 1. The number of carbonyl (C=O) groups is 1. The molecule has 0 bridgehead atoms. The van der Waals surface area contributed by atoms with E-state index in [-0.39, 0.29) is 17.8 Å². The number of nitrogens with two attached hydrogens (primary N) is 2. The van der Waals surface area contributed by atoms with Gasteiger partial charge in [0.15, 0.2) is 5.58 Å². The molecule has 10 heteroatoms. The van der Waals surface area contributed by atoms with Gasteiger partial charge in [0.25, 0.3) is 6.01 Å². The summed E-state index contributed by atoms with van der Waals surface area (Å²) in [6, 6.07) is 7.19. The summed E-state index contributed by atoms with van der Waals surface area (Å²) in [7, 11) is 0. The summed E-state index contributed by atoms with van der Waals surface area (Å²) in [5, 5.41) is 3.71. The molecule has 2 aromatic heterocycles. The van der Waals surface area contributed by atoms with Crippen LogP contribution in [0, 0.1) is 5.92 Å². The summed E-state index contributed by atoms with van der Waals surface area (Å²) in [6.07, 6.45) is 2.83. The van der Waals surface area contributed by atoms with Crippen molar-refractivity contribution in [2.45, 2.75) is 31.8 Å². The summed E-state index contributed by atoms with van der Waals surface area (Å²) >= 11 is 6.44. The number of nitrogens with zero attached hydrogens (tertiary/aromatic N) is 3. The monoisotopic (exact) mass is 452 g/mol. The number of amides is 1. The standard InChI is InChI=1S/C22H21ClN6O3/c23-13-6-11(7-15-19(13)32-22(25)28-15)21-27-14-8-12(26-17(20(24)30)10-2-3-10)9-16-18(14)29(21)4-1-5-31-16/h6-10,17,26H,1-5H2,(H2,24,30)(H2,25,28)/t17-/m0/s1. The van der Waals surface area contributed by atoms with Crippen LogP contribution >= 0.6 is 11.6 Å². The van der Waals surface area contributed by atoms with E-state index in [1.165, 1.54) is 0 Å². The zero-order valence-electron chi connectivity index (χ0n) is 17.1. The molecule has 3 heterocycles. The SMILES string of the molecule is NC(=O)[C@@H](Nc1cc2c3c(c1)nc(-c1cc(Cl)c4oc(N)nc4c1)n3CCCO2)C1CC1. The topological polar surface area (TPSA) is 134 Å². The normalized spacial score (nSPS) is 16.7. The second-order valence-electron chi connectivity index (χ2n) is 8.35. The zero-order chi connectivity index (χ0) is 22.0. The summed E-state index contributed by atoms with van der Waals surface area (Å²) in [4.78, 5) is 21.0. The van der Waals surface area contributed by atoms with Crippen molar-refractivity contribution in [2.24, 2.45) is 11.7 Å². The molecule has 1 fully saturated rings. The minimum atomic E-state index is -0.397. The van der Waals surface area contributed by atoms with Crippen LogP contribution in [-0.4, -0.2) is 33.1 Å². The van der Waals surface area contributed by atoms with Gasteiger partial charge >= 0.3 is 0 Å². The Morgan fingerprint density at radius 1 is 1.22 bits per heavy atom. The van der Waals surface area contributed by atoms with Gasteiger partial charge in [-0.3, -0.25) is 4.79 Å². The summed E-state index contributed by atoms with van der Waals surface area (Å²) in [5.41, 5.74) is 15.6. The van der Waals surface area contributed by atoms with Gasteiger partial charge in [-0.1, -0.05) is 11.6 Å². The maximum atomic E-state index is 11.9. The van der Waals surface area contributed by atoms with Gasteiger partial charge in [0.2, 0.25) is 5.91 Å². The molecule has 0 radical (unpaired) electrons. The Morgan fingerprint density at radius 2 is 2.06 bits per heavy atom. The fraction of sp³-hybridized carbons (Fsp3) is 0.318. The number of rotatable bonds is 5. The number of aromatic nitrogens is 3. The third-order valence-electron chi connectivity index (χ3n) is 6.03. The van der Waals surface area contributed by atoms with Crippen LogP contribution in [0.15, 0.2) is 28.7 Å². The lowest BCUT2D eigenvalue weighted by Crippen LogP contribution is -2.37. The fourth-order valence-corrected chi connectivity index (χ4v) is 4.69. The Bertz CT molecular complexity index is 1390. The number of imidazole rings is 1. The highest BCUT2D eigenvalue weighted by Crippen LogP contribution is 2.39. The van der Waals surface area contributed by atoms with E-state index in [9.17, 15) is 4.79 Å². The van der Waals surface area contributed by atoms with Crippen LogP contribution in [-0.2, 0) is 11.3 Å². The predicted octanol–water partition coefficient (Wildman–Crippen LogP) is 3.54. The Kier molecular flexibility index (Phi) is 4.23. The molecule has 1 atom stereocenters. The van der Waals surface area contributed by atoms with Gasteiger partial charge in [0, 0.05) is 23.9 Å². The summed E-state index contributed by atoms with van der Waals surface area (Å²) in [6.45, 7) is 1.33. The molecule has 1 amide bonds. The molecule has 0 saturated heterocycles. The fourth-order valence-electron chi connectivity index (χ4n) is 4.43. The van der Waals surface area contributed by atoms with E-state index in [1.807, 2.05) is 18.2 Å². The molecule has 6 rings (SSSR count). The molecule has 0 spiro atoms. The van der Waals surface area contributed by atoms with E-state index < -0.39 is 6.04 Å². The van der Waals surface area contributed by atoms with Gasteiger partial charge in [-0.05, 0) is 43.4 Å². The first-order valence-corrected chi connectivity index (χ1v) is 10.9. The number of halogens is 1. The number of anilines is 2. The molecule has 32 heavy (non-hydrogen) atoms. The van der Waals surface area contributed by atoms with Crippen LogP contribution < -0.4 is 21.5 Å². The van der Waals surface area contributed by atoms with Crippen molar-refractivity contribution in [1.82, 2.24) is 14.5 Å². The van der Waals surface area contributed by atoms with Crippen molar-refractivity contribution in [3.63, 3.8) is 0 Å². The molecule has 4 aromatic rings. The number of oxazole rings is 1. The highest BCUT2D eigenvalue weighted by atomic mass is 35.5. The first-order chi connectivity index (χ1) is 15.5. The number of nitrogens with one attached hydrogen (secondary N) is 1. The van der Waals surface area contributed by atoms with Crippen molar-refractivity contribution < 1.29 is 13.9 Å². The maximum Gasteiger partial charge on any atom is 0.293 e. The number of hydrogen-bond donors (Lipinski definition) is 3. The lowest BCUT2D eigenvalue weighted by Gasteiger charge is -2.17. The molecule has 1 aliphatic carbocycles. The van der Waals surface area contributed by atoms with Gasteiger partial charge < -0.3 is 30.5 Å². The number of fused-ring (bicyclic) bond motifs is 1. The average Bonchev–Trinajstić information content (AvgIpc) is 3.46. The number of nitrogen functional groups attached to an aromatic ring is 1. The van der Waals surface area contributed by atoms with Gasteiger partial charge in [-0.2, -0.15) is 4.98 Å². The summed E-state index contributed by atoms with van der Waals surface area (Å²) < 4.78 is 13.6. The second kappa shape index (κ2) is 7.03. The van der Waals surface area contributed by atoms with Gasteiger partial charge in [0.05, 0.1) is 17.1 Å². The van der Waals surface area contributed by atoms with E-state index in [0.717, 1.165) is 59.7 Å². The van der Waals surface area contributed by atoms with Crippen LogP contribution in [0.3, 0.4) is 0 Å². The zero-order valence-corrected chi connectivity index (χ0v) is 17.9. The Morgan fingerprint density at radius 3 is 2.84 bits per heavy atom. The van der Waals surface area contributed by atoms with Crippen LogP contribution in [0.2, 0.25) is 5.02 Å². The molecule has 164 valence electrons. The van der Waals surface area contributed by atoms with Crippen LogP contribution in [0.1, 0.15) is 19.3 Å². The van der Waals surface area contributed by atoms with Crippen LogP contribution in [0.4, 0.5) is 11.7 Å². The smallest absolute Gasteiger partial charge is 0.293 e. The minimum Gasteiger partial charge on any atom is -0.491 e. The first kappa shape index (κ1) is 19.2. The Hall–Kier alpha value is -3.46. The largest absolute Gasteiger partial charge is 0.491 e. The van der Waals surface area contributed by atoms with Crippen molar-refractivity contribution >= 4 is 51.3 Å². The molecular weight excluding hydrogens is 432 g/mol. The van der Waals surface area contributed by atoms with E-state index in [4.69, 9.17) is 37.2 Å². The van der Waals surface area contributed by atoms with Gasteiger partial charge in [0.1, 0.15) is 28.6 Å². The number of aryl methyl sites for hydroxylation is 1. The highest BCUT2D eigenvalue weighted by Gasteiger charge is 2.35. The second-order valence-corrected chi connectivity index (χ2v) is 8.76. The molecular formula is C22H21ClN6O3. The average molecular weight is 453 g/mol. The van der Waals surface area contributed by atoms with E-state index in [0.29, 0.717) is 22.7 Å². The summed E-state index contributed by atoms with van der Waals surface area (Å²) in [5.74, 6) is 1.40. The van der Waals surface area contributed by atoms with E-state index >= 15 is 0 Å². The molecule has 2 aliphatic rings. The predicted molar refractivity (Wildman–Crippen MR) is 122 cm³/mol. The van der Waals surface area contributed by atoms with Crippen molar-refractivity contribution in [1.29, 1.82) is 0 Å². The third kappa shape index (κ3) is 3.12. The molecule has 2 aromatic carbocycles. The van der Waals surface area contributed by atoms with E-state index in [2.05, 4.69) is 14.9 Å². The van der Waals surface area contributed by atoms with E-state index in [1.54, 1.807) is 6.07 Å². The lowest BCUT2D eigenvalue weighted by molar-refractivity contribution is -0.119. The minimum absolute atomic E-state index is 0.0662. The molecule has 0 unspecified atom stereocenters. The number of carbonyl (C=O) groups excluding carboxylic acids is 1. The first-order valence-electron chi connectivity index (χ1n) is 10.6.